The average molecular weight is 310 g/mol. The van der Waals surface area contributed by atoms with Crippen LogP contribution < -0.4 is 0 Å². The fraction of sp³-hybridized carbons (Fsp3) is 0.467. The Kier molecular flexibility index (Phi) is 3.87. The molecule has 0 unspecified atom stereocenters. The van der Waals surface area contributed by atoms with E-state index in [0.717, 1.165) is 12.0 Å². The molecule has 21 heavy (non-hydrogen) atoms. The normalized spacial score (nSPS) is 28.2. The summed E-state index contributed by atoms with van der Waals surface area (Å²) in [6, 6.07) is 7.55. The molecule has 3 rings (SSSR count). The number of carboxylic acids is 1. The molecule has 6 heteroatoms. The Morgan fingerprint density at radius 3 is 2.90 bits per heavy atom. The highest BCUT2D eigenvalue weighted by molar-refractivity contribution is 6.30. The Balaban J connectivity index is 1.63. The lowest BCUT2D eigenvalue weighted by Crippen LogP contribution is -2.49. The zero-order valence-corrected chi connectivity index (χ0v) is 12.1. The number of carbonyl (C=O) groups excluding carboxylic acids is 1. The van der Waals surface area contributed by atoms with E-state index >= 15 is 0 Å². The van der Waals surface area contributed by atoms with Crippen molar-refractivity contribution >= 4 is 23.5 Å². The lowest BCUT2D eigenvalue weighted by molar-refractivity contribution is -0.159. The van der Waals surface area contributed by atoms with Crippen LogP contribution in [0, 0.1) is 5.92 Å². The van der Waals surface area contributed by atoms with Crippen LogP contribution in [0.4, 0.5) is 0 Å². The van der Waals surface area contributed by atoms with E-state index in [1.807, 2.05) is 24.3 Å². The number of morpholine rings is 1. The van der Waals surface area contributed by atoms with E-state index < -0.39 is 12.1 Å². The van der Waals surface area contributed by atoms with Gasteiger partial charge in [0.15, 0.2) is 6.10 Å². The summed E-state index contributed by atoms with van der Waals surface area (Å²) < 4.78 is 5.14. The van der Waals surface area contributed by atoms with E-state index in [1.54, 1.807) is 4.90 Å². The third-order valence-electron chi connectivity index (χ3n) is 4.04. The van der Waals surface area contributed by atoms with Crippen molar-refractivity contribution in [1.82, 2.24) is 4.90 Å². The van der Waals surface area contributed by atoms with Crippen LogP contribution in [0.5, 0.6) is 0 Å². The highest BCUT2D eigenvalue weighted by Gasteiger charge is 2.46. The van der Waals surface area contributed by atoms with Gasteiger partial charge in [0, 0.05) is 17.5 Å². The van der Waals surface area contributed by atoms with E-state index in [2.05, 4.69) is 0 Å². The van der Waals surface area contributed by atoms with Gasteiger partial charge < -0.3 is 14.7 Å². The number of hydrogen-bond acceptors (Lipinski definition) is 3. The zero-order chi connectivity index (χ0) is 15.0. The van der Waals surface area contributed by atoms with Crippen molar-refractivity contribution < 1.29 is 19.4 Å². The SMILES string of the molecule is O=C(O)[C@@H]1CN(C(=O)[C@@H]2C[C@H]2c2cccc(Cl)c2)CCO1. The van der Waals surface area contributed by atoms with Crippen molar-refractivity contribution in [2.45, 2.75) is 18.4 Å². The van der Waals surface area contributed by atoms with Crippen LogP contribution in [0.2, 0.25) is 5.02 Å². The summed E-state index contributed by atoms with van der Waals surface area (Å²) in [5.41, 5.74) is 1.07. The van der Waals surface area contributed by atoms with Gasteiger partial charge in [0.2, 0.25) is 5.91 Å². The van der Waals surface area contributed by atoms with Gasteiger partial charge in [-0.1, -0.05) is 23.7 Å². The number of carbonyl (C=O) groups is 2. The van der Waals surface area contributed by atoms with Gasteiger partial charge in [-0.05, 0) is 30.0 Å². The third-order valence-corrected chi connectivity index (χ3v) is 4.27. The Labute approximate surface area is 127 Å². The average Bonchev–Trinajstić information content (AvgIpc) is 3.27. The summed E-state index contributed by atoms with van der Waals surface area (Å²) in [7, 11) is 0. The molecule has 112 valence electrons. The fourth-order valence-electron chi connectivity index (χ4n) is 2.81. The van der Waals surface area contributed by atoms with Gasteiger partial charge in [-0.25, -0.2) is 4.79 Å². The summed E-state index contributed by atoms with van der Waals surface area (Å²) >= 11 is 5.97. The van der Waals surface area contributed by atoms with Crippen LogP contribution in [0.25, 0.3) is 0 Å². The van der Waals surface area contributed by atoms with Crippen LogP contribution >= 0.6 is 11.6 Å². The number of halogens is 1. The first kappa shape index (κ1) is 14.4. The first-order valence-electron chi connectivity index (χ1n) is 6.95. The molecule has 1 aliphatic heterocycles. The summed E-state index contributed by atoms with van der Waals surface area (Å²) in [6.07, 6.45) is -0.111. The number of carboxylic acid groups (broad SMARTS) is 1. The number of amides is 1. The Hall–Kier alpha value is -1.59. The van der Waals surface area contributed by atoms with E-state index in [1.165, 1.54) is 0 Å². The molecule has 1 aliphatic carbocycles. The van der Waals surface area contributed by atoms with Gasteiger partial charge in [-0.2, -0.15) is 0 Å². The minimum absolute atomic E-state index is 0.0227. The molecule has 1 amide bonds. The van der Waals surface area contributed by atoms with E-state index in [9.17, 15) is 9.59 Å². The minimum atomic E-state index is -1.02. The third kappa shape index (κ3) is 3.04. The second kappa shape index (κ2) is 5.66. The van der Waals surface area contributed by atoms with Crippen LogP contribution in [0.3, 0.4) is 0 Å². The van der Waals surface area contributed by atoms with Gasteiger partial charge in [0.25, 0.3) is 0 Å². The second-order valence-corrected chi connectivity index (χ2v) is 5.92. The van der Waals surface area contributed by atoms with Crippen molar-refractivity contribution in [3.63, 3.8) is 0 Å². The van der Waals surface area contributed by atoms with Crippen molar-refractivity contribution in [1.29, 1.82) is 0 Å². The molecule has 2 fully saturated rings. The van der Waals surface area contributed by atoms with Crippen LogP contribution in [0.1, 0.15) is 17.9 Å². The minimum Gasteiger partial charge on any atom is -0.479 e. The molecule has 1 aromatic carbocycles. The number of nitrogens with zero attached hydrogens (tertiary/aromatic N) is 1. The summed E-state index contributed by atoms with van der Waals surface area (Å²) in [6.45, 7) is 0.867. The van der Waals surface area contributed by atoms with Crippen molar-refractivity contribution in [2.75, 3.05) is 19.7 Å². The largest absolute Gasteiger partial charge is 0.479 e. The molecule has 0 bridgehead atoms. The van der Waals surface area contributed by atoms with Crippen LogP contribution in [-0.4, -0.2) is 47.7 Å². The first-order chi connectivity index (χ1) is 10.1. The number of ether oxygens (including phenoxy) is 1. The maximum Gasteiger partial charge on any atom is 0.334 e. The molecule has 1 heterocycles. The molecule has 1 saturated carbocycles. The highest BCUT2D eigenvalue weighted by atomic mass is 35.5. The van der Waals surface area contributed by atoms with Gasteiger partial charge in [0.1, 0.15) is 0 Å². The van der Waals surface area contributed by atoms with Gasteiger partial charge >= 0.3 is 5.97 Å². The van der Waals surface area contributed by atoms with E-state index in [4.69, 9.17) is 21.4 Å². The molecule has 1 aromatic rings. The molecule has 0 aromatic heterocycles. The van der Waals surface area contributed by atoms with E-state index in [0.29, 0.717) is 11.6 Å². The molecule has 1 N–H and O–H groups in total. The maximum absolute atomic E-state index is 12.4. The van der Waals surface area contributed by atoms with E-state index in [-0.39, 0.29) is 30.9 Å². The molecule has 0 radical (unpaired) electrons. The smallest absolute Gasteiger partial charge is 0.334 e. The number of aliphatic carboxylic acids is 1. The lowest BCUT2D eigenvalue weighted by Gasteiger charge is -2.31. The first-order valence-corrected chi connectivity index (χ1v) is 7.32. The molecule has 3 atom stereocenters. The number of rotatable bonds is 3. The van der Waals surface area contributed by atoms with Gasteiger partial charge in [0.05, 0.1) is 13.2 Å². The predicted octanol–water partition coefficient (Wildman–Crippen LogP) is 1.76. The predicted molar refractivity (Wildman–Crippen MR) is 76.3 cm³/mol. The zero-order valence-electron chi connectivity index (χ0n) is 11.4. The fourth-order valence-corrected chi connectivity index (χ4v) is 3.01. The molecule has 0 spiro atoms. The van der Waals surface area contributed by atoms with Crippen molar-refractivity contribution in [2.24, 2.45) is 5.92 Å². The van der Waals surface area contributed by atoms with Crippen molar-refractivity contribution in [3.05, 3.63) is 34.9 Å². The Morgan fingerprint density at radius 2 is 2.19 bits per heavy atom. The number of benzene rings is 1. The highest BCUT2D eigenvalue weighted by Crippen LogP contribution is 2.49. The Morgan fingerprint density at radius 1 is 1.38 bits per heavy atom. The summed E-state index contributed by atoms with van der Waals surface area (Å²) in [4.78, 5) is 25.0. The molecular weight excluding hydrogens is 294 g/mol. The molecule has 1 saturated heterocycles. The standard InChI is InChI=1S/C15H16ClNO4/c16-10-3-1-2-9(6-10)11-7-12(11)14(18)17-4-5-21-13(8-17)15(19)20/h1-3,6,11-13H,4-5,7-8H2,(H,19,20)/t11-,12+,13-/m0/s1. The quantitative estimate of drug-likeness (QED) is 0.924. The molecule has 2 aliphatic rings. The Bertz CT molecular complexity index is 577. The monoisotopic (exact) mass is 309 g/mol. The topological polar surface area (TPSA) is 66.8 Å². The second-order valence-electron chi connectivity index (χ2n) is 5.49. The lowest BCUT2D eigenvalue weighted by atomic mass is 10.1. The summed E-state index contributed by atoms with van der Waals surface area (Å²) in [5.74, 6) is -0.859. The maximum atomic E-state index is 12.4. The van der Waals surface area contributed by atoms with Crippen LogP contribution in [0.15, 0.2) is 24.3 Å². The van der Waals surface area contributed by atoms with Crippen LogP contribution in [-0.2, 0) is 14.3 Å². The summed E-state index contributed by atoms with van der Waals surface area (Å²) in [5, 5.41) is 9.64. The number of hydrogen-bond donors (Lipinski definition) is 1. The van der Waals surface area contributed by atoms with Crippen molar-refractivity contribution in [3.8, 4) is 0 Å². The van der Waals surface area contributed by atoms with Gasteiger partial charge in [-0.15, -0.1) is 0 Å². The molecular formula is C15H16ClNO4. The molecule has 5 nitrogen and oxygen atoms in total. The van der Waals surface area contributed by atoms with Gasteiger partial charge in [-0.3, -0.25) is 4.79 Å².